The monoisotopic (exact) mass is 244 g/mol. The number of hydrogen-bond acceptors (Lipinski definition) is 4. The third-order valence-corrected chi connectivity index (χ3v) is 2.57. The van der Waals surface area contributed by atoms with E-state index >= 15 is 0 Å². The molecule has 0 saturated carbocycles. The summed E-state index contributed by atoms with van der Waals surface area (Å²) in [5, 5.41) is 5.65. The molecule has 1 amide bonds. The number of carbonyl (C=O) groups is 2. The molecule has 0 fully saturated rings. The molecular weight excluding hydrogens is 220 g/mol. The van der Waals surface area contributed by atoms with Crippen molar-refractivity contribution in [1.29, 1.82) is 0 Å². The highest BCUT2D eigenvalue weighted by Gasteiger charge is 2.25. The Morgan fingerprint density at radius 3 is 2.18 bits per heavy atom. The predicted octanol–water partition coefficient (Wildman–Crippen LogP) is 0.688. The Bertz CT molecular complexity index is 254. The number of likely N-dealkylation sites (N-methyl/N-ethyl adjacent to an activating group) is 1. The van der Waals surface area contributed by atoms with E-state index in [1.807, 2.05) is 20.8 Å². The highest BCUT2D eigenvalue weighted by atomic mass is 16.5. The number of carbonyl (C=O) groups excluding carboxylic acids is 2. The van der Waals surface area contributed by atoms with Gasteiger partial charge in [-0.2, -0.15) is 0 Å². The molecule has 2 atom stereocenters. The number of esters is 1. The predicted molar refractivity (Wildman–Crippen MR) is 66.5 cm³/mol. The van der Waals surface area contributed by atoms with Crippen molar-refractivity contribution >= 4 is 11.9 Å². The SMILES string of the molecule is CCC(NC(CC(C)C)C(=O)NC)C(=O)OC. The van der Waals surface area contributed by atoms with Gasteiger partial charge in [-0.15, -0.1) is 0 Å². The molecule has 0 aromatic heterocycles. The van der Waals surface area contributed by atoms with E-state index in [1.54, 1.807) is 7.05 Å². The molecular formula is C12H24N2O3. The maximum absolute atomic E-state index is 11.7. The largest absolute Gasteiger partial charge is 0.468 e. The lowest BCUT2D eigenvalue weighted by molar-refractivity contribution is -0.143. The number of nitrogens with one attached hydrogen (secondary N) is 2. The molecule has 17 heavy (non-hydrogen) atoms. The molecule has 5 nitrogen and oxygen atoms in total. The van der Waals surface area contributed by atoms with E-state index in [0.29, 0.717) is 18.8 Å². The van der Waals surface area contributed by atoms with E-state index in [1.165, 1.54) is 7.11 Å². The number of rotatable bonds is 7. The molecule has 100 valence electrons. The summed E-state index contributed by atoms with van der Waals surface area (Å²) < 4.78 is 4.69. The fourth-order valence-corrected chi connectivity index (χ4v) is 1.63. The van der Waals surface area contributed by atoms with Gasteiger partial charge in [0.2, 0.25) is 5.91 Å². The summed E-state index contributed by atoms with van der Waals surface area (Å²) in [7, 11) is 2.94. The summed E-state index contributed by atoms with van der Waals surface area (Å²) in [6, 6.07) is -0.787. The van der Waals surface area contributed by atoms with Crippen molar-refractivity contribution in [3.8, 4) is 0 Å². The molecule has 0 aliphatic rings. The summed E-state index contributed by atoms with van der Waals surface area (Å²) in [6.07, 6.45) is 1.28. The summed E-state index contributed by atoms with van der Waals surface area (Å²) >= 11 is 0. The van der Waals surface area contributed by atoms with Crippen LogP contribution in [-0.2, 0) is 14.3 Å². The zero-order valence-electron chi connectivity index (χ0n) is 11.4. The zero-order valence-corrected chi connectivity index (χ0v) is 11.4. The van der Waals surface area contributed by atoms with Crippen molar-refractivity contribution in [3.63, 3.8) is 0 Å². The van der Waals surface area contributed by atoms with Crippen LogP contribution >= 0.6 is 0 Å². The minimum Gasteiger partial charge on any atom is -0.468 e. The second-order valence-electron chi connectivity index (χ2n) is 4.45. The summed E-state index contributed by atoms with van der Waals surface area (Å²) in [5.74, 6) is -0.0498. The van der Waals surface area contributed by atoms with Crippen LogP contribution in [0.1, 0.15) is 33.6 Å². The van der Waals surface area contributed by atoms with Crippen molar-refractivity contribution in [2.24, 2.45) is 5.92 Å². The fraction of sp³-hybridized carbons (Fsp3) is 0.833. The minimum absolute atomic E-state index is 0.0962. The minimum atomic E-state index is -0.430. The topological polar surface area (TPSA) is 67.4 Å². The zero-order chi connectivity index (χ0) is 13.4. The number of methoxy groups -OCH3 is 1. The van der Waals surface area contributed by atoms with E-state index in [4.69, 9.17) is 0 Å². The van der Waals surface area contributed by atoms with E-state index in [-0.39, 0.29) is 17.9 Å². The van der Waals surface area contributed by atoms with Gasteiger partial charge in [0.25, 0.3) is 0 Å². The molecule has 0 saturated heterocycles. The maximum atomic E-state index is 11.7. The van der Waals surface area contributed by atoms with E-state index in [0.717, 1.165) is 0 Å². The van der Waals surface area contributed by atoms with Crippen LogP contribution in [0.3, 0.4) is 0 Å². The third-order valence-electron chi connectivity index (χ3n) is 2.57. The lowest BCUT2D eigenvalue weighted by atomic mass is 10.0. The molecule has 0 aliphatic carbocycles. The standard InChI is InChI=1S/C12H24N2O3/c1-6-9(12(16)17-5)14-10(7-8(2)3)11(15)13-4/h8-10,14H,6-7H2,1-5H3,(H,13,15). The Kier molecular flexibility index (Phi) is 7.54. The van der Waals surface area contributed by atoms with Gasteiger partial charge in [0.1, 0.15) is 6.04 Å². The lowest BCUT2D eigenvalue weighted by Crippen LogP contribution is -2.50. The van der Waals surface area contributed by atoms with Crippen LogP contribution in [-0.4, -0.2) is 38.1 Å². The molecule has 0 spiro atoms. The molecule has 0 heterocycles. The quantitative estimate of drug-likeness (QED) is 0.647. The van der Waals surface area contributed by atoms with Crippen LogP contribution < -0.4 is 10.6 Å². The van der Waals surface area contributed by atoms with Gasteiger partial charge in [0.05, 0.1) is 13.2 Å². The van der Waals surface area contributed by atoms with Crippen molar-refractivity contribution in [2.75, 3.05) is 14.2 Å². The van der Waals surface area contributed by atoms with Gasteiger partial charge in [0, 0.05) is 7.05 Å². The molecule has 0 radical (unpaired) electrons. The Labute approximate surface area is 103 Å². The van der Waals surface area contributed by atoms with Gasteiger partial charge in [0.15, 0.2) is 0 Å². The molecule has 0 aromatic carbocycles. The Morgan fingerprint density at radius 2 is 1.82 bits per heavy atom. The number of hydrogen-bond donors (Lipinski definition) is 2. The molecule has 0 aromatic rings. The molecule has 5 heteroatoms. The van der Waals surface area contributed by atoms with Crippen LogP contribution in [0.5, 0.6) is 0 Å². The first-order valence-corrected chi connectivity index (χ1v) is 6.01. The second-order valence-corrected chi connectivity index (χ2v) is 4.45. The lowest BCUT2D eigenvalue weighted by Gasteiger charge is -2.23. The molecule has 0 bridgehead atoms. The van der Waals surface area contributed by atoms with E-state index in [9.17, 15) is 9.59 Å². The summed E-state index contributed by atoms with van der Waals surface area (Å²) in [5.41, 5.74) is 0. The highest BCUT2D eigenvalue weighted by molar-refractivity contribution is 5.83. The van der Waals surface area contributed by atoms with Crippen LogP contribution in [0.25, 0.3) is 0 Å². The van der Waals surface area contributed by atoms with Gasteiger partial charge >= 0.3 is 5.97 Å². The number of ether oxygens (including phenoxy) is 1. The maximum Gasteiger partial charge on any atom is 0.322 e. The number of amides is 1. The third kappa shape index (κ3) is 5.68. The van der Waals surface area contributed by atoms with Gasteiger partial charge in [-0.3, -0.25) is 14.9 Å². The Morgan fingerprint density at radius 1 is 1.24 bits per heavy atom. The van der Waals surface area contributed by atoms with Crippen LogP contribution in [0, 0.1) is 5.92 Å². The highest BCUT2D eigenvalue weighted by Crippen LogP contribution is 2.07. The normalized spacial score (nSPS) is 14.2. The summed E-state index contributed by atoms with van der Waals surface area (Å²) in [6.45, 7) is 5.96. The molecule has 2 N–H and O–H groups in total. The average molecular weight is 244 g/mol. The molecule has 2 unspecified atom stereocenters. The van der Waals surface area contributed by atoms with Crippen molar-refractivity contribution < 1.29 is 14.3 Å². The van der Waals surface area contributed by atoms with Gasteiger partial charge in [-0.1, -0.05) is 20.8 Å². The van der Waals surface area contributed by atoms with E-state index in [2.05, 4.69) is 15.4 Å². The van der Waals surface area contributed by atoms with Crippen LogP contribution in [0.2, 0.25) is 0 Å². The van der Waals surface area contributed by atoms with E-state index < -0.39 is 6.04 Å². The first-order valence-electron chi connectivity index (χ1n) is 6.01. The van der Waals surface area contributed by atoms with Gasteiger partial charge in [-0.05, 0) is 18.8 Å². The van der Waals surface area contributed by atoms with Gasteiger partial charge in [-0.25, -0.2) is 0 Å². The second kappa shape index (κ2) is 8.06. The van der Waals surface area contributed by atoms with Crippen molar-refractivity contribution in [3.05, 3.63) is 0 Å². The van der Waals surface area contributed by atoms with Crippen molar-refractivity contribution in [2.45, 2.75) is 45.7 Å². The van der Waals surface area contributed by atoms with Crippen molar-refractivity contribution in [1.82, 2.24) is 10.6 Å². The molecule has 0 aliphatic heterocycles. The Balaban J connectivity index is 4.59. The van der Waals surface area contributed by atoms with Crippen LogP contribution in [0.15, 0.2) is 0 Å². The average Bonchev–Trinajstić information content (AvgIpc) is 2.31. The first-order chi connectivity index (χ1) is 7.96. The van der Waals surface area contributed by atoms with Crippen LogP contribution in [0.4, 0.5) is 0 Å². The fourth-order valence-electron chi connectivity index (χ4n) is 1.63. The Hall–Kier alpha value is -1.10. The molecule has 0 rings (SSSR count). The smallest absolute Gasteiger partial charge is 0.322 e. The van der Waals surface area contributed by atoms with Gasteiger partial charge < -0.3 is 10.1 Å². The summed E-state index contributed by atoms with van der Waals surface area (Å²) in [4.78, 5) is 23.1. The first kappa shape index (κ1) is 15.9.